The van der Waals surface area contributed by atoms with Crippen LogP contribution in [0.2, 0.25) is 5.02 Å². The lowest BCUT2D eigenvalue weighted by atomic mass is 9.94. The van der Waals surface area contributed by atoms with Gasteiger partial charge in [0.2, 0.25) is 5.95 Å². The molecule has 0 saturated carbocycles. The van der Waals surface area contributed by atoms with Crippen LogP contribution in [0.25, 0.3) is 0 Å². The summed E-state index contributed by atoms with van der Waals surface area (Å²) in [5.74, 6) is -1.77. The van der Waals surface area contributed by atoms with Gasteiger partial charge in [-0.15, -0.1) is 5.10 Å². The number of methoxy groups -OCH3 is 1. The van der Waals surface area contributed by atoms with E-state index in [2.05, 4.69) is 25.5 Å². The highest BCUT2D eigenvalue weighted by molar-refractivity contribution is 6.30. The molecule has 2 aromatic carbocycles. The van der Waals surface area contributed by atoms with Crippen molar-refractivity contribution in [2.45, 2.75) is 13.0 Å². The number of halogens is 2. The number of hydrogen-bond acceptors (Lipinski definition) is 6. The van der Waals surface area contributed by atoms with Crippen LogP contribution in [0, 0.1) is 5.82 Å². The molecule has 2 N–H and O–H groups in total. The SMILES string of the molecule is COC(=O)c1nc2n(n1)C(c1ccccc1F)C(C(=O)Nc1ccc(Cl)cc1)=C(C)N2. The number of nitrogens with zero attached hydrogens (tertiary/aromatic N) is 3. The Kier molecular flexibility index (Phi) is 5.43. The summed E-state index contributed by atoms with van der Waals surface area (Å²) in [6, 6.07) is 11.7. The first-order chi connectivity index (χ1) is 14.9. The number of benzene rings is 2. The van der Waals surface area contributed by atoms with E-state index in [1.807, 2.05) is 0 Å². The molecular formula is C21H17ClFN5O3. The fourth-order valence-corrected chi connectivity index (χ4v) is 3.46. The molecule has 1 unspecified atom stereocenters. The zero-order valence-corrected chi connectivity index (χ0v) is 17.3. The molecule has 4 rings (SSSR count). The molecule has 3 aromatic rings. The molecule has 0 saturated heterocycles. The van der Waals surface area contributed by atoms with E-state index in [1.165, 1.54) is 17.9 Å². The lowest BCUT2D eigenvalue weighted by Gasteiger charge is -2.28. The minimum atomic E-state index is -0.962. The molecule has 31 heavy (non-hydrogen) atoms. The number of nitrogens with one attached hydrogen (secondary N) is 2. The van der Waals surface area contributed by atoms with Crippen LogP contribution in [0.5, 0.6) is 0 Å². The first-order valence-electron chi connectivity index (χ1n) is 9.23. The van der Waals surface area contributed by atoms with Crippen molar-refractivity contribution in [1.82, 2.24) is 14.8 Å². The number of rotatable bonds is 4. The minimum Gasteiger partial charge on any atom is -0.463 e. The lowest BCUT2D eigenvalue weighted by Crippen LogP contribution is -2.32. The van der Waals surface area contributed by atoms with Gasteiger partial charge in [-0.05, 0) is 37.3 Å². The van der Waals surface area contributed by atoms with Crippen LogP contribution >= 0.6 is 11.6 Å². The number of esters is 1. The molecule has 1 atom stereocenters. The average molecular weight is 442 g/mol. The lowest BCUT2D eigenvalue weighted by molar-refractivity contribution is -0.113. The van der Waals surface area contributed by atoms with E-state index >= 15 is 0 Å². The van der Waals surface area contributed by atoms with Crippen LogP contribution in [0.15, 0.2) is 59.8 Å². The van der Waals surface area contributed by atoms with Crippen molar-refractivity contribution in [1.29, 1.82) is 0 Å². The molecule has 1 aliphatic heterocycles. The number of allylic oxidation sites excluding steroid dienone is 1. The zero-order valence-electron chi connectivity index (χ0n) is 16.5. The summed E-state index contributed by atoms with van der Waals surface area (Å²) in [5, 5.41) is 10.5. The smallest absolute Gasteiger partial charge is 0.378 e. The Morgan fingerprint density at radius 3 is 2.58 bits per heavy atom. The summed E-state index contributed by atoms with van der Waals surface area (Å²) in [5.41, 5.74) is 1.37. The summed E-state index contributed by atoms with van der Waals surface area (Å²) in [6.45, 7) is 1.67. The Balaban J connectivity index is 1.81. The van der Waals surface area contributed by atoms with Crippen molar-refractivity contribution < 1.29 is 18.7 Å². The Labute approximate surface area is 181 Å². The van der Waals surface area contributed by atoms with Gasteiger partial charge >= 0.3 is 5.97 Å². The normalized spacial score (nSPS) is 15.2. The van der Waals surface area contributed by atoms with E-state index in [0.717, 1.165) is 0 Å². The second-order valence-electron chi connectivity index (χ2n) is 6.74. The van der Waals surface area contributed by atoms with Gasteiger partial charge in [0.1, 0.15) is 11.9 Å². The van der Waals surface area contributed by atoms with Gasteiger partial charge in [0, 0.05) is 22.0 Å². The number of carbonyl (C=O) groups is 2. The maximum absolute atomic E-state index is 14.8. The van der Waals surface area contributed by atoms with Gasteiger partial charge in [-0.2, -0.15) is 4.98 Å². The van der Waals surface area contributed by atoms with E-state index in [4.69, 9.17) is 11.6 Å². The number of amides is 1. The highest BCUT2D eigenvalue weighted by Crippen LogP contribution is 2.36. The molecule has 2 heterocycles. The van der Waals surface area contributed by atoms with E-state index in [1.54, 1.807) is 49.4 Å². The fourth-order valence-electron chi connectivity index (χ4n) is 3.34. The minimum absolute atomic E-state index is 0.189. The maximum atomic E-state index is 14.8. The van der Waals surface area contributed by atoms with Gasteiger partial charge in [0.05, 0.1) is 12.7 Å². The van der Waals surface area contributed by atoms with Gasteiger partial charge in [0.15, 0.2) is 0 Å². The van der Waals surface area contributed by atoms with Crippen molar-refractivity contribution in [2.75, 3.05) is 17.7 Å². The molecule has 158 valence electrons. The molecule has 1 amide bonds. The van der Waals surface area contributed by atoms with Crippen LogP contribution in [0.3, 0.4) is 0 Å². The van der Waals surface area contributed by atoms with Crippen LogP contribution in [0.1, 0.15) is 29.1 Å². The van der Waals surface area contributed by atoms with Gasteiger partial charge in [-0.25, -0.2) is 13.9 Å². The number of fused-ring (bicyclic) bond motifs is 1. The zero-order chi connectivity index (χ0) is 22.1. The number of ether oxygens (including phenoxy) is 1. The summed E-state index contributed by atoms with van der Waals surface area (Å²) in [4.78, 5) is 29.3. The molecule has 0 aliphatic carbocycles. The Morgan fingerprint density at radius 1 is 1.19 bits per heavy atom. The third-order valence-corrected chi connectivity index (χ3v) is 5.02. The third-order valence-electron chi connectivity index (χ3n) is 4.77. The summed E-state index contributed by atoms with van der Waals surface area (Å²) in [6.07, 6.45) is 0. The largest absolute Gasteiger partial charge is 0.463 e. The first kappa shape index (κ1) is 20.5. The highest BCUT2D eigenvalue weighted by atomic mass is 35.5. The maximum Gasteiger partial charge on any atom is 0.378 e. The molecule has 1 aromatic heterocycles. The second kappa shape index (κ2) is 8.19. The monoisotopic (exact) mass is 441 g/mol. The van der Waals surface area contributed by atoms with E-state index in [9.17, 15) is 14.0 Å². The standard InChI is InChI=1S/C21H17ClFN5O3/c1-11-16(19(29)25-13-9-7-12(22)8-10-13)17(14-5-3-4-6-15(14)23)28-21(24-11)26-18(27-28)20(30)31-2/h3-10,17H,1-2H3,(H,25,29)(H,24,26,27). The van der Waals surface area contributed by atoms with Gasteiger partial charge in [0.25, 0.3) is 11.7 Å². The molecular weight excluding hydrogens is 425 g/mol. The van der Waals surface area contributed by atoms with E-state index in [0.29, 0.717) is 16.4 Å². The van der Waals surface area contributed by atoms with Crippen molar-refractivity contribution in [3.05, 3.63) is 82.0 Å². The number of aromatic nitrogens is 3. The molecule has 0 spiro atoms. The molecule has 0 fully saturated rings. The van der Waals surface area contributed by atoms with Crippen molar-refractivity contribution in [3.63, 3.8) is 0 Å². The van der Waals surface area contributed by atoms with Gasteiger partial charge < -0.3 is 15.4 Å². The quantitative estimate of drug-likeness (QED) is 0.598. The molecule has 0 radical (unpaired) electrons. The van der Waals surface area contributed by atoms with Crippen LogP contribution in [-0.4, -0.2) is 33.8 Å². The molecule has 10 heteroatoms. The topological polar surface area (TPSA) is 98.1 Å². The summed E-state index contributed by atoms with van der Waals surface area (Å²) >= 11 is 5.91. The Morgan fingerprint density at radius 2 is 1.90 bits per heavy atom. The van der Waals surface area contributed by atoms with Gasteiger partial charge in [-0.1, -0.05) is 29.8 Å². The van der Waals surface area contributed by atoms with Crippen LogP contribution in [0.4, 0.5) is 16.0 Å². The number of hydrogen-bond donors (Lipinski definition) is 2. The third kappa shape index (κ3) is 3.87. The van der Waals surface area contributed by atoms with E-state index in [-0.39, 0.29) is 22.9 Å². The predicted molar refractivity (Wildman–Crippen MR) is 112 cm³/mol. The fraction of sp³-hybridized carbons (Fsp3) is 0.143. The molecule has 1 aliphatic rings. The van der Waals surface area contributed by atoms with Crippen LogP contribution < -0.4 is 10.6 Å². The average Bonchev–Trinajstić information content (AvgIpc) is 3.18. The second-order valence-corrected chi connectivity index (χ2v) is 7.18. The van der Waals surface area contributed by atoms with Crippen molar-refractivity contribution >= 4 is 35.1 Å². The van der Waals surface area contributed by atoms with E-state index < -0.39 is 23.7 Å². The predicted octanol–water partition coefficient (Wildman–Crippen LogP) is 3.78. The molecule has 8 nitrogen and oxygen atoms in total. The molecule has 0 bridgehead atoms. The van der Waals surface area contributed by atoms with Crippen molar-refractivity contribution in [3.8, 4) is 0 Å². The van der Waals surface area contributed by atoms with Crippen LogP contribution in [-0.2, 0) is 9.53 Å². The van der Waals surface area contributed by atoms with Gasteiger partial charge in [-0.3, -0.25) is 4.79 Å². The Bertz CT molecular complexity index is 1210. The summed E-state index contributed by atoms with van der Waals surface area (Å²) in [7, 11) is 1.21. The number of carbonyl (C=O) groups excluding carboxylic acids is 2. The first-order valence-corrected chi connectivity index (χ1v) is 9.61. The Hall–Kier alpha value is -3.72. The highest BCUT2D eigenvalue weighted by Gasteiger charge is 2.36. The number of anilines is 2. The summed E-state index contributed by atoms with van der Waals surface area (Å²) < 4.78 is 20.8. The van der Waals surface area contributed by atoms with Crippen molar-refractivity contribution in [2.24, 2.45) is 0 Å².